The zero-order valence-corrected chi connectivity index (χ0v) is 18.7. The summed E-state index contributed by atoms with van der Waals surface area (Å²) in [6, 6.07) is 22.5. The third kappa shape index (κ3) is 5.00. The third-order valence-corrected chi connectivity index (χ3v) is 7.36. The van der Waals surface area contributed by atoms with Crippen molar-refractivity contribution in [2.45, 2.75) is 24.7 Å². The number of rotatable bonds is 6. The molecule has 6 nitrogen and oxygen atoms in total. The zero-order valence-electron chi connectivity index (χ0n) is 17.9. The summed E-state index contributed by atoms with van der Waals surface area (Å²) in [6.45, 7) is 3.13. The Bertz CT molecular complexity index is 1180. The number of hydrogen-bond acceptors (Lipinski definition) is 4. The molecule has 0 radical (unpaired) electrons. The van der Waals surface area contributed by atoms with E-state index >= 15 is 0 Å². The van der Waals surface area contributed by atoms with E-state index in [1.807, 2.05) is 42.5 Å². The number of anilines is 1. The lowest BCUT2D eigenvalue weighted by Crippen LogP contribution is -2.39. The molecule has 0 aromatic heterocycles. The van der Waals surface area contributed by atoms with Gasteiger partial charge >= 0.3 is 0 Å². The van der Waals surface area contributed by atoms with Crippen molar-refractivity contribution < 1.29 is 17.9 Å². The maximum atomic E-state index is 12.9. The molecule has 7 heteroatoms. The lowest BCUT2D eigenvalue weighted by Gasteiger charge is -2.30. The van der Waals surface area contributed by atoms with Gasteiger partial charge in [0.2, 0.25) is 10.0 Å². The molecule has 0 spiro atoms. The van der Waals surface area contributed by atoms with E-state index in [-0.39, 0.29) is 10.8 Å². The summed E-state index contributed by atoms with van der Waals surface area (Å²) < 4.78 is 33.3. The largest absolute Gasteiger partial charge is 0.455 e. The van der Waals surface area contributed by atoms with Crippen LogP contribution in [0.1, 0.15) is 30.1 Å². The molecule has 0 aliphatic carbocycles. The molecule has 1 aliphatic heterocycles. The zero-order chi connectivity index (χ0) is 22.6. The van der Waals surface area contributed by atoms with Crippen molar-refractivity contribution in [1.82, 2.24) is 4.31 Å². The molecule has 0 bridgehead atoms. The Kier molecular flexibility index (Phi) is 6.58. The summed E-state index contributed by atoms with van der Waals surface area (Å²) in [5.74, 6) is 1.19. The minimum absolute atomic E-state index is 0.205. The first-order chi connectivity index (χ1) is 15.4. The van der Waals surface area contributed by atoms with Crippen molar-refractivity contribution in [3.05, 3.63) is 84.4 Å². The predicted octanol–water partition coefficient (Wildman–Crippen LogP) is 5.15. The highest BCUT2D eigenvalue weighted by Gasteiger charge is 2.28. The number of carbonyl (C=O) groups is 1. The molecule has 1 N–H and O–H groups in total. The van der Waals surface area contributed by atoms with Crippen LogP contribution < -0.4 is 10.1 Å². The van der Waals surface area contributed by atoms with Gasteiger partial charge in [-0.2, -0.15) is 4.31 Å². The highest BCUT2D eigenvalue weighted by atomic mass is 32.2. The monoisotopic (exact) mass is 450 g/mol. The fourth-order valence-corrected chi connectivity index (χ4v) is 5.36. The molecule has 1 heterocycles. The Hall–Kier alpha value is -3.16. The van der Waals surface area contributed by atoms with Crippen LogP contribution in [-0.4, -0.2) is 31.7 Å². The topological polar surface area (TPSA) is 75.7 Å². The Labute approximate surface area is 188 Å². The van der Waals surface area contributed by atoms with Gasteiger partial charge in [-0.05, 0) is 67.3 Å². The van der Waals surface area contributed by atoms with Gasteiger partial charge in [0.15, 0.2) is 5.75 Å². The highest BCUT2D eigenvalue weighted by Crippen LogP contribution is 2.30. The van der Waals surface area contributed by atoms with E-state index < -0.39 is 10.0 Å². The van der Waals surface area contributed by atoms with Gasteiger partial charge < -0.3 is 10.1 Å². The molecular formula is C25H26N2O4S. The molecule has 1 aliphatic rings. The van der Waals surface area contributed by atoms with Crippen molar-refractivity contribution in [3.8, 4) is 11.5 Å². The number of carbonyl (C=O) groups excluding carboxylic acids is 1. The number of piperidine rings is 1. The molecule has 166 valence electrons. The number of para-hydroxylation sites is 3. The second-order valence-electron chi connectivity index (χ2n) is 8.00. The first kappa shape index (κ1) is 22.0. The minimum Gasteiger partial charge on any atom is -0.455 e. The van der Waals surface area contributed by atoms with Crippen molar-refractivity contribution in [1.29, 1.82) is 0 Å². The third-order valence-electron chi connectivity index (χ3n) is 5.48. The molecule has 1 atom stereocenters. The van der Waals surface area contributed by atoms with Crippen molar-refractivity contribution in [3.63, 3.8) is 0 Å². The Balaban J connectivity index is 1.48. The SMILES string of the molecule is CC1CCCN(S(=O)(=O)c2ccc(C(=O)Nc3ccccc3Oc3ccccc3)cc2)C1. The van der Waals surface area contributed by atoms with Crippen molar-refractivity contribution >= 4 is 21.6 Å². The van der Waals surface area contributed by atoms with E-state index in [4.69, 9.17) is 4.74 Å². The summed E-state index contributed by atoms with van der Waals surface area (Å²) in [7, 11) is -3.56. The second kappa shape index (κ2) is 9.54. The van der Waals surface area contributed by atoms with Gasteiger partial charge in [-0.3, -0.25) is 4.79 Å². The van der Waals surface area contributed by atoms with Crippen LogP contribution in [-0.2, 0) is 10.0 Å². The van der Waals surface area contributed by atoms with Crippen molar-refractivity contribution in [2.24, 2.45) is 5.92 Å². The molecule has 4 rings (SSSR count). The maximum absolute atomic E-state index is 12.9. The molecule has 32 heavy (non-hydrogen) atoms. The van der Waals surface area contributed by atoms with Crippen LogP contribution in [0.5, 0.6) is 11.5 Å². The summed E-state index contributed by atoms with van der Waals surface area (Å²) in [4.78, 5) is 13.0. The number of amides is 1. The molecule has 1 fully saturated rings. The number of nitrogens with zero attached hydrogens (tertiary/aromatic N) is 1. The van der Waals surface area contributed by atoms with Crippen LogP contribution in [0.2, 0.25) is 0 Å². The number of benzene rings is 3. The second-order valence-corrected chi connectivity index (χ2v) is 9.94. The van der Waals surface area contributed by atoms with Crippen LogP contribution in [0.15, 0.2) is 83.8 Å². The van der Waals surface area contributed by atoms with Crippen LogP contribution in [0.4, 0.5) is 5.69 Å². The molecule has 1 unspecified atom stereocenters. The average Bonchev–Trinajstić information content (AvgIpc) is 2.81. The lowest BCUT2D eigenvalue weighted by atomic mass is 10.0. The van der Waals surface area contributed by atoms with Crippen LogP contribution >= 0.6 is 0 Å². The highest BCUT2D eigenvalue weighted by molar-refractivity contribution is 7.89. The van der Waals surface area contributed by atoms with E-state index in [2.05, 4.69) is 12.2 Å². The lowest BCUT2D eigenvalue weighted by molar-refractivity contribution is 0.102. The minimum atomic E-state index is -3.56. The number of sulfonamides is 1. The van der Waals surface area contributed by atoms with Gasteiger partial charge in [-0.1, -0.05) is 37.3 Å². The fourth-order valence-electron chi connectivity index (χ4n) is 3.76. The molecule has 3 aromatic carbocycles. The van der Waals surface area contributed by atoms with Gasteiger partial charge in [0.1, 0.15) is 5.75 Å². The normalized spacial score (nSPS) is 17.0. The van der Waals surface area contributed by atoms with Gasteiger partial charge in [-0.25, -0.2) is 8.42 Å². The number of hydrogen-bond donors (Lipinski definition) is 1. The van der Waals surface area contributed by atoms with Gasteiger partial charge in [-0.15, -0.1) is 0 Å². The summed E-state index contributed by atoms with van der Waals surface area (Å²) in [5.41, 5.74) is 0.894. The fraction of sp³-hybridized carbons (Fsp3) is 0.240. The first-order valence-corrected chi connectivity index (χ1v) is 12.1. The van der Waals surface area contributed by atoms with Crippen LogP contribution in [0.3, 0.4) is 0 Å². The Morgan fingerprint density at radius 2 is 1.66 bits per heavy atom. The van der Waals surface area contributed by atoms with E-state index in [0.717, 1.165) is 12.8 Å². The van der Waals surface area contributed by atoms with E-state index in [0.29, 0.717) is 41.8 Å². The maximum Gasteiger partial charge on any atom is 0.255 e. The van der Waals surface area contributed by atoms with Crippen LogP contribution in [0, 0.1) is 5.92 Å². The summed E-state index contributed by atoms with van der Waals surface area (Å²) >= 11 is 0. The van der Waals surface area contributed by atoms with Gasteiger partial charge in [0.05, 0.1) is 10.6 Å². The first-order valence-electron chi connectivity index (χ1n) is 10.7. The molecule has 3 aromatic rings. The number of nitrogens with one attached hydrogen (secondary N) is 1. The van der Waals surface area contributed by atoms with Gasteiger partial charge in [0, 0.05) is 18.7 Å². The Morgan fingerprint density at radius 1 is 0.969 bits per heavy atom. The van der Waals surface area contributed by atoms with E-state index in [1.54, 1.807) is 12.1 Å². The molecule has 1 saturated heterocycles. The average molecular weight is 451 g/mol. The summed E-state index contributed by atoms with van der Waals surface area (Å²) in [5, 5.41) is 2.85. The van der Waals surface area contributed by atoms with E-state index in [1.165, 1.54) is 28.6 Å². The quantitative estimate of drug-likeness (QED) is 0.563. The smallest absolute Gasteiger partial charge is 0.255 e. The van der Waals surface area contributed by atoms with Gasteiger partial charge in [0.25, 0.3) is 5.91 Å². The molecule has 1 amide bonds. The predicted molar refractivity (Wildman–Crippen MR) is 125 cm³/mol. The molecular weight excluding hydrogens is 424 g/mol. The van der Waals surface area contributed by atoms with E-state index in [9.17, 15) is 13.2 Å². The molecule has 0 saturated carbocycles. The van der Waals surface area contributed by atoms with Crippen LogP contribution in [0.25, 0.3) is 0 Å². The summed E-state index contributed by atoms with van der Waals surface area (Å²) in [6.07, 6.45) is 1.91. The Morgan fingerprint density at radius 3 is 2.38 bits per heavy atom. The van der Waals surface area contributed by atoms with Crippen molar-refractivity contribution in [2.75, 3.05) is 18.4 Å². The standard InChI is InChI=1S/C25H26N2O4S/c1-19-8-7-17-27(18-19)32(29,30)22-15-13-20(14-16-22)25(28)26-23-11-5-6-12-24(23)31-21-9-3-2-4-10-21/h2-6,9-16,19H,7-8,17-18H2,1H3,(H,26,28). The number of ether oxygens (including phenoxy) is 1.